The highest BCUT2D eigenvalue weighted by atomic mass is 32.2. The summed E-state index contributed by atoms with van der Waals surface area (Å²) in [7, 11) is 0.981. The van der Waals surface area contributed by atoms with Gasteiger partial charge in [-0.25, -0.2) is 8.42 Å². The molecule has 0 saturated carbocycles. The average Bonchev–Trinajstić information content (AvgIpc) is 2.37. The summed E-state index contributed by atoms with van der Waals surface area (Å²) in [5.41, 5.74) is -0.107. The molecule has 0 aliphatic heterocycles. The second kappa shape index (κ2) is 5.75. The Bertz CT molecular complexity index is 510. The number of ether oxygens (including phenoxy) is 1. The summed E-state index contributed by atoms with van der Waals surface area (Å²) in [6, 6.07) is 0. The van der Waals surface area contributed by atoms with Gasteiger partial charge in [-0.3, -0.25) is 4.79 Å². The maximum Gasteiger partial charge on any atom is 0.326 e. The van der Waals surface area contributed by atoms with Gasteiger partial charge in [0.2, 0.25) is 0 Å². The van der Waals surface area contributed by atoms with Crippen LogP contribution in [0, 0.1) is 0 Å². The molecule has 1 rings (SSSR count). The van der Waals surface area contributed by atoms with Crippen molar-refractivity contribution in [1.29, 1.82) is 0 Å². The quantitative estimate of drug-likeness (QED) is 0.669. The molecule has 0 radical (unpaired) electrons. The normalized spacial score (nSPS) is 24.5. The predicted molar refractivity (Wildman–Crippen MR) is 73.3 cm³/mol. The molecule has 0 saturated heterocycles. The zero-order valence-electron chi connectivity index (χ0n) is 11.6. The maximum atomic E-state index is 11.9. The van der Waals surface area contributed by atoms with E-state index >= 15 is 0 Å². The lowest BCUT2D eigenvalue weighted by molar-refractivity contribution is -0.141. The maximum absolute atomic E-state index is 11.9. The molecule has 0 fully saturated rings. The highest BCUT2D eigenvalue weighted by molar-refractivity contribution is 7.92. The van der Waals surface area contributed by atoms with Gasteiger partial charge in [0.05, 0.1) is 12.6 Å². The fraction of sp³-hybridized carbons (Fsp3) is 0.583. The number of rotatable bonds is 5. The summed E-state index contributed by atoms with van der Waals surface area (Å²) < 4.78 is 28.5. The summed E-state index contributed by atoms with van der Waals surface area (Å²) in [4.78, 5) is 11.9. The number of sulfone groups is 1. The van der Waals surface area contributed by atoms with Crippen LogP contribution in [0.15, 0.2) is 23.9 Å². The molecule has 0 spiro atoms. The van der Waals surface area contributed by atoms with Crippen molar-refractivity contribution in [3.8, 4) is 0 Å². The first-order valence-corrected chi connectivity index (χ1v) is 7.79. The Morgan fingerprint density at radius 2 is 2.11 bits per heavy atom. The molecule has 1 aliphatic carbocycles. The number of methoxy groups -OCH3 is 1. The van der Waals surface area contributed by atoms with Crippen molar-refractivity contribution in [2.75, 3.05) is 27.5 Å². The molecule has 108 valence electrons. The molecule has 0 aromatic carbocycles. The third-order valence-electron chi connectivity index (χ3n) is 3.29. The fourth-order valence-electron chi connectivity index (χ4n) is 2.22. The molecule has 2 N–H and O–H groups in total. The van der Waals surface area contributed by atoms with Gasteiger partial charge in [0.15, 0.2) is 15.1 Å². The van der Waals surface area contributed by atoms with E-state index in [-0.39, 0.29) is 0 Å². The molecular weight excluding hydrogens is 268 g/mol. The van der Waals surface area contributed by atoms with Crippen LogP contribution in [0.1, 0.15) is 6.42 Å². The Morgan fingerprint density at radius 1 is 1.47 bits per heavy atom. The minimum Gasteiger partial charge on any atom is -0.468 e. The number of allylic oxidation sites excluding steroid dienone is 1. The summed E-state index contributed by atoms with van der Waals surface area (Å²) in [6.45, 7) is 0. The molecular formula is C12H20N2O4S. The first-order chi connectivity index (χ1) is 8.80. The molecule has 0 amide bonds. The molecule has 0 aromatic heterocycles. The van der Waals surface area contributed by atoms with Crippen LogP contribution >= 0.6 is 0 Å². The zero-order chi connectivity index (χ0) is 14.7. The third kappa shape index (κ3) is 3.16. The fourth-order valence-corrected chi connectivity index (χ4v) is 3.73. The van der Waals surface area contributed by atoms with Crippen LogP contribution in [0.3, 0.4) is 0 Å². The van der Waals surface area contributed by atoms with E-state index in [1.807, 2.05) is 6.08 Å². The van der Waals surface area contributed by atoms with E-state index in [0.29, 0.717) is 6.42 Å². The first-order valence-electron chi connectivity index (χ1n) is 5.83. The lowest BCUT2D eigenvalue weighted by Crippen LogP contribution is -2.58. The van der Waals surface area contributed by atoms with E-state index in [9.17, 15) is 13.2 Å². The number of hydrogen-bond acceptors (Lipinski definition) is 6. The van der Waals surface area contributed by atoms with Gasteiger partial charge >= 0.3 is 5.97 Å². The number of nitrogens with one attached hydrogen (secondary N) is 2. The Morgan fingerprint density at radius 3 is 2.42 bits per heavy atom. The van der Waals surface area contributed by atoms with E-state index in [1.165, 1.54) is 7.11 Å². The van der Waals surface area contributed by atoms with Gasteiger partial charge in [-0.2, -0.15) is 0 Å². The summed E-state index contributed by atoms with van der Waals surface area (Å²) in [5.74, 6) is -0.761. The topological polar surface area (TPSA) is 84.5 Å². The smallest absolute Gasteiger partial charge is 0.326 e. The van der Waals surface area contributed by atoms with Crippen molar-refractivity contribution in [3.05, 3.63) is 23.9 Å². The molecule has 19 heavy (non-hydrogen) atoms. The van der Waals surface area contributed by atoms with E-state index in [2.05, 4.69) is 15.4 Å². The number of carbonyl (C=O) groups is 1. The highest BCUT2D eigenvalue weighted by Crippen LogP contribution is 2.28. The summed E-state index contributed by atoms with van der Waals surface area (Å²) >= 11 is 0. The van der Waals surface area contributed by atoms with Crippen LogP contribution in [0.5, 0.6) is 0 Å². The standard InChI is InChI=1S/C12H20N2O4S/c1-13-9-5-7-12(14-2,8-6-9)10(11(15)18-3)19(4,16)17/h5-7,10,13-14H,8H2,1-4H3. The van der Waals surface area contributed by atoms with Crippen LogP contribution < -0.4 is 10.6 Å². The minimum atomic E-state index is -3.61. The molecule has 2 atom stereocenters. The first kappa shape index (κ1) is 15.7. The van der Waals surface area contributed by atoms with Crippen LogP contribution in [-0.2, 0) is 19.4 Å². The minimum absolute atomic E-state index is 0.378. The number of carbonyl (C=O) groups excluding carboxylic acids is 1. The van der Waals surface area contributed by atoms with Crippen LogP contribution in [0.25, 0.3) is 0 Å². The average molecular weight is 288 g/mol. The van der Waals surface area contributed by atoms with Gasteiger partial charge in [-0.15, -0.1) is 0 Å². The molecule has 0 heterocycles. The number of hydrogen-bond donors (Lipinski definition) is 2. The van der Waals surface area contributed by atoms with Crippen molar-refractivity contribution in [1.82, 2.24) is 10.6 Å². The van der Waals surface area contributed by atoms with Crippen molar-refractivity contribution in [3.63, 3.8) is 0 Å². The van der Waals surface area contributed by atoms with Crippen molar-refractivity contribution in [2.24, 2.45) is 0 Å². The van der Waals surface area contributed by atoms with E-state index < -0.39 is 26.6 Å². The molecule has 1 aliphatic rings. The molecule has 6 nitrogen and oxygen atoms in total. The Balaban J connectivity index is 3.24. The number of esters is 1. The molecule has 0 aromatic rings. The van der Waals surface area contributed by atoms with Gasteiger partial charge in [0, 0.05) is 19.0 Å². The Kier molecular flexibility index (Phi) is 4.75. The summed E-state index contributed by atoms with van der Waals surface area (Å²) in [5, 5.41) is 4.64. The Labute approximate surface area is 113 Å². The van der Waals surface area contributed by atoms with Crippen molar-refractivity contribution in [2.45, 2.75) is 17.2 Å². The second-order valence-electron chi connectivity index (χ2n) is 4.47. The molecule has 7 heteroatoms. The SMILES string of the molecule is CNC1=CCC(NC)(C(C(=O)OC)S(C)(=O)=O)C=C1. The van der Waals surface area contributed by atoms with Gasteiger partial charge in [-0.05, 0) is 19.5 Å². The van der Waals surface area contributed by atoms with Gasteiger partial charge in [0.25, 0.3) is 0 Å². The lowest BCUT2D eigenvalue weighted by Gasteiger charge is -2.36. The largest absolute Gasteiger partial charge is 0.468 e. The van der Waals surface area contributed by atoms with Gasteiger partial charge in [-0.1, -0.05) is 12.2 Å². The van der Waals surface area contributed by atoms with Gasteiger partial charge < -0.3 is 15.4 Å². The van der Waals surface area contributed by atoms with Crippen LogP contribution in [-0.4, -0.2) is 52.6 Å². The van der Waals surface area contributed by atoms with E-state index in [0.717, 1.165) is 12.0 Å². The zero-order valence-corrected chi connectivity index (χ0v) is 12.4. The monoisotopic (exact) mass is 288 g/mol. The van der Waals surface area contributed by atoms with Crippen molar-refractivity contribution >= 4 is 15.8 Å². The molecule has 0 bridgehead atoms. The Hall–Kier alpha value is -1.34. The van der Waals surface area contributed by atoms with Crippen LogP contribution in [0.4, 0.5) is 0 Å². The predicted octanol–water partition coefficient (Wildman–Crippen LogP) is -0.406. The highest BCUT2D eigenvalue weighted by Gasteiger charge is 2.47. The van der Waals surface area contributed by atoms with E-state index in [4.69, 9.17) is 0 Å². The molecule has 2 unspecified atom stereocenters. The number of likely N-dealkylation sites (N-methyl/N-ethyl adjacent to an activating group) is 2. The van der Waals surface area contributed by atoms with Gasteiger partial charge in [0.1, 0.15) is 0 Å². The van der Waals surface area contributed by atoms with Crippen LogP contribution in [0.2, 0.25) is 0 Å². The lowest BCUT2D eigenvalue weighted by atomic mass is 9.86. The third-order valence-corrected chi connectivity index (χ3v) is 4.75. The summed E-state index contributed by atoms with van der Waals surface area (Å²) in [6.07, 6.45) is 6.71. The van der Waals surface area contributed by atoms with E-state index in [1.54, 1.807) is 26.2 Å². The van der Waals surface area contributed by atoms with Crippen molar-refractivity contribution < 1.29 is 17.9 Å². The second-order valence-corrected chi connectivity index (χ2v) is 6.60.